The third-order valence-corrected chi connectivity index (χ3v) is 6.71. The number of anilines is 1. The number of rotatable bonds is 4. The largest absolute Gasteiger partial charge is 0.364 e. The van der Waals surface area contributed by atoms with Gasteiger partial charge in [0.25, 0.3) is 5.91 Å². The number of amides is 2. The quantitative estimate of drug-likeness (QED) is 0.513. The van der Waals surface area contributed by atoms with E-state index in [0.29, 0.717) is 19.6 Å². The highest BCUT2D eigenvalue weighted by Gasteiger charge is 2.54. The molecule has 2 aromatic carbocycles. The van der Waals surface area contributed by atoms with Gasteiger partial charge in [-0.15, -0.1) is 0 Å². The number of para-hydroxylation sites is 1. The zero-order chi connectivity index (χ0) is 22.6. The van der Waals surface area contributed by atoms with Crippen LogP contribution in [-0.2, 0) is 16.8 Å². The number of nitrogens with two attached hydrogens (primary N) is 1. The average molecular weight is 435 g/mol. The molecule has 7 nitrogen and oxygen atoms in total. The zero-order valence-corrected chi connectivity index (χ0v) is 17.8. The number of nitrogens with zero attached hydrogens (tertiary/aromatic N) is 3. The predicted molar refractivity (Wildman–Crippen MR) is 126 cm³/mol. The maximum Gasteiger partial charge on any atom is 0.267 e. The van der Waals surface area contributed by atoms with E-state index in [2.05, 4.69) is 16.4 Å². The number of aromatic nitrogens is 2. The Balaban J connectivity index is 1.49. The van der Waals surface area contributed by atoms with Gasteiger partial charge in [-0.2, -0.15) is 0 Å². The van der Waals surface area contributed by atoms with Crippen LogP contribution < -0.4 is 16.0 Å². The van der Waals surface area contributed by atoms with Crippen molar-refractivity contribution < 1.29 is 9.59 Å². The van der Waals surface area contributed by atoms with Crippen LogP contribution in [0.4, 0.5) is 5.69 Å². The Kier molecular flexibility index (Phi) is 4.28. The van der Waals surface area contributed by atoms with E-state index in [1.54, 1.807) is 12.3 Å². The average Bonchev–Trinajstić information content (AvgIpc) is 3.07. The SMILES string of the molecule is NC(=O)c1ccc(-c2c(CN3C(=O)C4(CNC4)c4ccccc43)ncc3ccccc23)cn1. The Morgan fingerprint density at radius 3 is 2.52 bits per heavy atom. The standard InChI is InChI=1S/C26H21N5O2/c27-24(32)20-10-9-17(12-29-20)23-18-6-2-1-5-16(18)11-30-21(23)13-31-22-8-4-3-7-19(22)26(25(31)33)14-28-15-26/h1-12,28H,13-15H2,(H2,27,32). The van der Waals surface area contributed by atoms with Gasteiger partial charge in [-0.1, -0.05) is 48.5 Å². The molecule has 0 saturated carbocycles. The molecule has 2 aliphatic heterocycles. The number of nitrogens with one attached hydrogen (secondary N) is 1. The number of carbonyl (C=O) groups excluding carboxylic acids is 2. The van der Waals surface area contributed by atoms with Crippen LogP contribution in [0, 0.1) is 0 Å². The summed E-state index contributed by atoms with van der Waals surface area (Å²) >= 11 is 0. The van der Waals surface area contributed by atoms with Gasteiger partial charge in [0.15, 0.2) is 0 Å². The minimum atomic E-state index is -0.573. The van der Waals surface area contributed by atoms with Gasteiger partial charge in [-0.25, -0.2) is 0 Å². The molecular weight excluding hydrogens is 414 g/mol. The lowest BCUT2D eigenvalue weighted by Gasteiger charge is -2.38. The number of fused-ring (bicyclic) bond motifs is 3. The summed E-state index contributed by atoms with van der Waals surface area (Å²) in [5.74, 6) is -0.470. The van der Waals surface area contributed by atoms with Crippen molar-refractivity contribution in [2.24, 2.45) is 5.73 Å². The van der Waals surface area contributed by atoms with Gasteiger partial charge < -0.3 is 16.0 Å². The fraction of sp³-hybridized carbons (Fsp3) is 0.154. The van der Waals surface area contributed by atoms with Crippen LogP contribution in [0.25, 0.3) is 21.9 Å². The van der Waals surface area contributed by atoms with Gasteiger partial charge in [0.1, 0.15) is 11.1 Å². The topological polar surface area (TPSA) is 101 Å². The first-order valence-corrected chi connectivity index (χ1v) is 10.8. The van der Waals surface area contributed by atoms with Crippen LogP contribution in [-0.4, -0.2) is 34.9 Å². The maximum atomic E-state index is 13.6. The highest BCUT2D eigenvalue weighted by atomic mass is 16.2. The van der Waals surface area contributed by atoms with Crippen molar-refractivity contribution in [1.82, 2.24) is 15.3 Å². The number of carbonyl (C=O) groups is 2. The fourth-order valence-corrected chi connectivity index (χ4v) is 4.95. The van der Waals surface area contributed by atoms with Crippen molar-refractivity contribution in [3.8, 4) is 11.1 Å². The minimum absolute atomic E-state index is 0.102. The summed E-state index contributed by atoms with van der Waals surface area (Å²) in [6.07, 6.45) is 3.48. The second-order valence-electron chi connectivity index (χ2n) is 8.56. The monoisotopic (exact) mass is 435 g/mol. The van der Waals surface area contributed by atoms with Crippen molar-refractivity contribution >= 4 is 28.3 Å². The summed E-state index contributed by atoms with van der Waals surface area (Å²) in [7, 11) is 0. The molecule has 33 heavy (non-hydrogen) atoms. The van der Waals surface area contributed by atoms with Gasteiger partial charge in [0.05, 0.1) is 12.2 Å². The Morgan fingerprint density at radius 1 is 1.00 bits per heavy atom. The first-order chi connectivity index (χ1) is 16.1. The summed E-state index contributed by atoms with van der Waals surface area (Å²) in [5, 5.41) is 5.27. The van der Waals surface area contributed by atoms with E-state index >= 15 is 0 Å². The van der Waals surface area contributed by atoms with Crippen molar-refractivity contribution in [3.05, 3.63) is 90.0 Å². The van der Waals surface area contributed by atoms with Gasteiger partial charge in [0, 0.05) is 47.7 Å². The van der Waals surface area contributed by atoms with Crippen LogP contribution in [0.5, 0.6) is 0 Å². The van der Waals surface area contributed by atoms with Crippen LogP contribution in [0.3, 0.4) is 0 Å². The third kappa shape index (κ3) is 2.86. The number of hydrogen-bond donors (Lipinski definition) is 2. The molecule has 162 valence electrons. The lowest BCUT2D eigenvalue weighted by Crippen LogP contribution is -2.61. The molecule has 7 heteroatoms. The lowest BCUT2D eigenvalue weighted by atomic mass is 9.76. The van der Waals surface area contributed by atoms with Gasteiger partial charge in [-0.3, -0.25) is 19.6 Å². The molecular formula is C26H21N5O2. The molecule has 0 unspecified atom stereocenters. The highest BCUT2D eigenvalue weighted by molar-refractivity contribution is 6.09. The van der Waals surface area contributed by atoms with Gasteiger partial charge in [-0.05, 0) is 23.1 Å². The number of benzene rings is 2. The van der Waals surface area contributed by atoms with Gasteiger partial charge >= 0.3 is 0 Å². The zero-order valence-electron chi connectivity index (χ0n) is 17.8. The van der Waals surface area contributed by atoms with Gasteiger partial charge in [0.2, 0.25) is 5.91 Å². The molecule has 0 aliphatic carbocycles. The molecule has 4 heterocycles. The Labute approximate surface area is 190 Å². The molecule has 4 aromatic rings. The molecule has 0 radical (unpaired) electrons. The number of pyridine rings is 2. The first kappa shape index (κ1) is 19.6. The van der Waals surface area contributed by atoms with E-state index in [-0.39, 0.29) is 11.6 Å². The molecule has 1 fully saturated rings. The molecule has 1 spiro atoms. The summed E-state index contributed by atoms with van der Waals surface area (Å²) in [4.78, 5) is 36.0. The second-order valence-corrected chi connectivity index (χ2v) is 8.56. The van der Waals surface area contributed by atoms with E-state index in [9.17, 15) is 9.59 Å². The summed E-state index contributed by atoms with van der Waals surface area (Å²) < 4.78 is 0. The molecule has 2 amide bonds. The Hall–Kier alpha value is -4.10. The van der Waals surface area contributed by atoms with Crippen LogP contribution in [0.1, 0.15) is 21.7 Å². The minimum Gasteiger partial charge on any atom is -0.364 e. The number of primary amides is 1. The molecule has 1 saturated heterocycles. The van der Waals surface area contributed by atoms with Crippen molar-refractivity contribution in [2.45, 2.75) is 12.0 Å². The lowest BCUT2D eigenvalue weighted by molar-refractivity contribution is -0.125. The summed E-state index contributed by atoms with van der Waals surface area (Å²) in [6, 6.07) is 19.4. The fourth-order valence-electron chi connectivity index (χ4n) is 4.95. The Bertz CT molecular complexity index is 1430. The van der Waals surface area contributed by atoms with Crippen molar-refractivity contribution in [3.63, 3.8) is 0 Å². The maximum absolute atomic E-state index is 13.6. The van der Waals surface area contributed by atoms with E-state index in [1.165, 1.54) is 0 Å². The van der Waals surface area contributed by atoms with E-state index in [1.807, 2.05) is 59.6 Å². The molecule has 3 N–H and O–H groups in total. The second kappa shape index (κ2) is 7.21. The van der Waals surface area contributed by atoms with E-state index in [0.717, 1.165) is 38.8 Å². The normalized spacial score (nSPS) is 16.1. The van der Waals surface area contributed by atoms with Crippen LogP contribution in [0.15, 0.2) is 73.1 Å². The summed E-state index contributed by atoms with van der Waals surface area (Å²) in [6.45, 7) is 1.64. The first-order valence-electron chi connectivity index (χ1n) is 10.8. The van der Waals surface area contributed by atoms with Crippen molar-refractivity contribution in [1.29, 1.82) is 0 Å². The number of hydrogen-bond acceptors (Lipinski definition) is 5. The van der Waals surface area contributed by atoms with Crippen LogP contribution in [0.2, 0.25) is 0 Å². The Morgan fingerprint density at radius 2 is 1.79 bits per heavy atom. The third-order valence-electron chi connectivity index (χ3n) is 6.71. The molecule has 2 aliphatic rings. The predicted octanol–water partition coefficient (Wildman–Crippen LogP) is 2.78. The van der Waals surface area contributed by atoms with E-state index in [4.69, 9.17) is 10.7 Å². The highest BCUT2D eigenvalue weighted by Crippen LogP contribution is 2.45. The molecule has 6 rings (SSSR count). The van der Waals surface area contributed by atoms with Crippen LogP contribution >= 0.6 is 0 Å². The molecule has 2 aromatic heterocycles. The van der Waals surface area contributed by atoms with E-state index < -0.39 is 11.3 Å². The summed E-state index contributed by atoms with van der Waals surface area (Å²) in [5.41, 5.74) is 9.59. The smallest absolute Gasteiger partial charge is 0.267 e. The molecule has 0 atom stereocenters. The van der Waals surface area contributed by atoms with Crippen molar-refractivity contribution in [2.75, 3.05) is 18.0 Å². The molecule has 0 bridgehead atoms.